The summed E-state index contributed by atoms with van der Waals surface area (Å²) in [5.74, 6) is 0.810. The first-order valence-corrected chi connectivity index (χ1v) is 11.3. The van der Waals surface area contributed by atoms with E-state index in [4.69, 9.17) is 11.6 Å². The summed E-state index contributed by atoms with van der Waals surface area (Å²) >= 11 is 6.09. The SMILES string of the molecule is O=C(NCCCN1CCN(c2ncccn2)CC1)N1CCN(c2cccc(Cl)c2)CC1. The third-order valence-electron chi connectivity index (χ3n) is 5.87. The zero-order valence-electron chi connectivity index (χ0n) is 17.8. The highest BCUT2D eigenvalue weighted by Gasteiger charge is 2.22. The number of hydrogen-bond acceptors (Lipinski definition) is 6. The molecule has 1 aromatic carbocycles. The summed E-state index contributed by atoms with van der Waals surface area (Å²) in [6.07, 6.45) is 4.53. The lowest BCUT2D eigenvalue weighted by molar-refractivity contribution is 0.193. The van der Waals surface area contributed by atoms with Gasteiger partial charge in [0.15, 0.2) is 0 Å². The molecule has 1 N–H and O–H groups in total. The molecule has 0 aliphatic carbocycles. The largest absolute Gasteiger partial charge is 0.368 e. The number of rotatable bonds is 6. The zero-order chi connectivity index (χ0) is 21.5. The van der Waals surface area contributed by atoms with Crippen LogP contribution in [0.4, 0.5) is 16.4 Å². The van der Waals surface area contributed by atoms with Crippen LogP contribution in [0, 0.1) is 0 Å². The minimum Gasteiger partial charge on any atom is -0.368 e. The number of hydrogen-bond donors (Lipinski definition) is 1. The maximum Gasteiger partial charge on any atom is 0.317 e. The molecule has 2 aromatic rings. The van der Waals surface area contributed by atoms with E-state index >= 15 is 0 Å². The molecule has 0 bridgehead atoms. The Hall–Kier alpha value is -2.58. The molecule has 0 atom stereocenters. The number of amides is 2. The summed E-state index contributed by atoms with van der Waals surface area (Å²) in [5, 5.41) is 3.82. The standard InChI is InChI=1S/C22H30ClN7O/c23-19-4-1-5-20(18-19)28-14-16-30(17-15-28)22(31)26-8-3-9-27-10-12-29(13-11-27)21-24-6-2-7-25-21/h1-2,4-7,18H,3,8-17H2,(H,26,31). The van der Waals surface area contributed by atoms with Crippen molar-refractivity contribution in [3.05, 3.63) is 47.7 Å². The fourth-order valence-corrected chi connectivity index (χ4v) is 4.26. The Bertz CT molecular complexity index is 837. The van der Waals surface area contributed by atoms with Gasteiger partial charge in [0.1, 0.15) is 0 Å². The number of anilines is 2. The van der Waals surface area contributed by atoms with E-state index in [1.807, 2.05) is 29.2 Å². The number of nitrogens with zero attached hydrogens (tertiary/aromatic N) is 6. The highest BCUT2D eigenvalue weighted by atomic mass is 35.5. The lowest BCUT2D eigenvalue weighted by Crippen LogP contribution is -2.52. The van der Waals surface area contributed by atoms with Crippen LogP contribution in [0.3, 0.4) is 0 Å². The van der Waals surface area contributed by atoms with Crippen molar-refractivity contribution in [1.29, 1.82) is 0 Å². The summed E-state index contributed by atoms with van der Waals surface area (Å²) in [6, 6.07) is 9.76. The molecule has 0 saturated carbocycles. The first-order chi connectivity index (χ1) is 15.2. The van der Waals surface area contributed by atoms with Crippen molar-refractivity contribution < 1.29 is 4.79 Å². The molecular formula is C22H30ClN7O. The van der Waals surface area contributed by atoms with Crippen molar-refractivity contribution in [3.63, 3.8) is 0 Å². The molecule has 3 heterocycles. The summed E-state index contributed by atoms with van der Waals surface area (Å²) in [4.78, 5) is 30.0. The van der Waals surface area contributed by atoms with Crippen molar-refractivity contribution in [2.75, 3.05) is 75.2 Å². The van der Waals surface area contributed by atoms with E-state index in [1.54, 1.807) is 12.4 Å². The molecule has 4 rings (SSSR count). The molecule has 0 unspecified atom stereocenters. The van der Waals surface area contributed by atoms with Gasteiger partial charge >= 0.3 is 6.03 Å². The number of carbonyl (C=O) groups is 1. The van der Waals surface area contributed by atoms with Crippen molar-refractivity contribution in [2.24, 2.45) is 0 Å². The average Bonchev–Trinajstić information content (AvgIpc) is 2.83. The molecular weight excluding hydrogens is 414 g/mol. The van der Waals surface area contributed by atoms with Crippen molar-refractivity contribution in [2.45, 2.75) is 6.42 Å². The van der Waals surface area contributed by atoms with Gasteiger partial charge in [0.2, 0.25) is 5.95 Å². The average molecular weight is 444 g/mol. The van der Waals surface area contributed by atoms with Crippen LogP contribution in [0.5, 0.6) is 0 Å². The lowest BCUT2D eigenvalue weighted by atomic mass is 10.2. The molecule has 2 fully saturated rings. The van der Waals surface area contributed by atoms with Gasteiger partial charge in [-0.15, -0.1) is 0 Å². The van der Waals surface area contributed by atoms with Gasteiger partial charge in [-0.1, -0.05) is 17.7 Å². The van der Waals surface area contributed by atoms with Crippen LogP contribution in [0.25, 0.3) is 0 Å². The second-order valence-electron chi connectivity index (χ2n) is 7.92. The Kier molecular flexibility index (Phi) is 7.43. The van der Waals surface area contributed by atoms with Gasteiger partial charge in [-0.25, -0.2) is 14.8 Å². The second-order valence-corrected chi connectivity index (χ2v) is 8.35. The van der Waals surface area contributed by atoms with Crippen LogP contribution < -0.4 is 15.1 Å². The fraction of sp³-hybridized carbons (Fsp3) is 0.500. The maximum atomic E-state index is 12.5. The predicted octanol–water partition coefficient (Wildman–Crippen LogP) is 2.17. The summed E-state index contributed by atoms with van der Waals surface area (Å²) < 4.78 is 0. The molecule has 31 heavy (non-hydrogen) atoms. The Morgan fingerprint density at radius 1 is 0.935 bits per heavy atom. The molecule has 166 valence electrons. The van der Waals surface area contributed by atoms with E-state index in [9.17, 15) is 4.79 Å². The molecule has 2 aliphatic heterocycles. The minimum absolute atomic E-state index is 0.0387. The Balaban J connectivity index is 1.10. The molecule has 1 aromatic heterocycles. The van der Waals surface area contributed by atoms with Gasteiger partial charge in [-0.2, -0.15) is 0 Å². The molecule has 0 radical (unpaired) electrons. The van der Waals surface area contributed by atoms with E-state index in [0.717, 1.165) is 82.0 Å². The van der Waals surface area contributed by atoms with Gasteiger partial charge < -0.3 is 20.0 Å². The molecule has 2 saturated heterocycles. The number of urea groups is 1. The van der Waals surface area contributed by atoms with Crippen LogP contribution in [0.1, 0.15) is 6.42 Å². The van der Waals surface area contributed by atoms with Gasteiger partial charge in [0.25, 0.3) is 0 Å². The van der Waals surface area contributed by atoms with Crippen LogP contribution in [-0.4, -0.2) is 91.2 Å². The lowest BCUT2D eigenvalue weighted by Gasteiger charge is -2.36. The van der Waals surface area contributed by atoms with Crippen molar-refractivity contribution in [1.82, 2.24) is 25.1 Å². The predicted molar refractivity (Wildman–Crippen MR) is 124 cm³/mol. The van der Waals surface area contributed by atoms with Crippen LogP contribution in [0.2, 0.25) is 5.02 Å². The van der Waals surface area contributed by atoms with E-state index in [-0.39, 0.29) is 6.03 Å². The van der Waals surface area contributed by atoms with Gasteiger partial charge in [-0.05, 0) is 37.2 Å². The smallest absolute Gasteiger partial charge is 0.317 e. The summed E-state index contributed by atoms with van der Waals surface area (Å²) in [6.45, 7) is 8.66. The normalized spacial score (nSPS) is 17.6. The Labute approximate surface area is 188 Å². The van der Waals surface area contributed by atoms with E-state index in [2.05, 4.69) is 36.1 Å². The maximum absolute atomic E-state index is 12.5. The van der Waals surface area contributed by atoms with Gasteiger partial charge in [0, 0.05) is 82.0 Å². The van der Waals surface area contributed by atoms with Gasteiger partial charge in [-0.3, -0.25) is 4.90 Å². The van der Waals surface area contributed by atoms with E-state index < -0.39 is 0 Å². The highest BCUT2D eigenvalue weighted by molar-refractivity contribution is 6.30. The van der Waals surface area contributed by atoms with Gasteiger partial charge in [0.05, 0.1) is 0 Å². The van der Waals surface area contributed by atoms with E-state index in [1.165, 1.54) is 0 Å². The van der Waals surface area contributed by atoms with Crippen molar-refractivity contribution >= 4 is 29.3 Å². The van der Waals surface area contributed by atoms with Crippen LogP contribution in [0.15, 0.2) is 42.7 Å². The van der Waals surface area contributed by atoms with Crippen molar-refractivity contribution in [3.8, 4) is 0 Å². The number of piperazine rings is 2. The Morgan fingerprint density at radius 3 is 2.35 bits per heavy atom. The Morgan fingerprint density at radius 2 is 1.65 bits per heavy atom. The van der Waals surface area contributed by atoms with Crippen LogP contribution in [-0.2, 0) is 0 Å². The molecule has 2 aliphatic rings. The number of halogens is 1. The molecule has 9 heteroatoms. The minimum atomic E-state index is 0.0387. The first kappa shape index (κ1) is 21.6. The highest BCUT2D eigenvalue weighted by Crippen LogP contribution is 2.20. The number of carbonyl (C=O) groups excluding carboxylic acids is 1. The summed E-state index contributed by atoms with van der Waals surface area (Å²) in [5.41, 5.74) is 1.12. The quantitative estimate of drug-likeness (QED) is 0.690. The fourth-order valence-electron chi connectivity index (χ4n) is 4.08. The summed E-state index contributed by atoms with van der Waals surface area (Å²) in [7, 11) is 0. The third-order valence-corrected chi connectivity index (χ3v) is 6.11. The van der Waals surface area contributed by atoms with Crippen LogP contribution >= 0.6 is 11.6 Å². The first-order valence-electron chi connectivity index (χ1n) is 11.0. The molecule has 2 amide bonds. The number of aromatic nitrogens is 2. The number of benzene rings is 1. The monoisotopic (exact) mass is 443 g/mol. The zero-order valence-corrected chi connectivity index (χ0v) is 18.5. The van der Waals surface area contributed by atoms with E-state index in [0.29, 0.717) is 6.54 Å². The number of nitrogens with one attached hydrogen (secondary N) is 1. The second kappa shape index (κ2) is 10.6. The molecule has 0 spiro atoms. The topological polar surface area (TPSA) is 67.8 Å². The third kappa shape index (κ3) is 5.98. The molecule has 8 nitrogen and oxygen atoms in total.